The van der Waals surface area contributed by atoms with Crippen LogP contribution in [0, 0.1) is 13.8 Å². The van der Waals surface area contributed by atoms with Crippen molar-refractivity contribution in [3.05, 3.63) is 42.0 Å². The highest BCUT2D eigenvalue weighted by Crippen LogP contribution is 2.31. The van der Waals surface area contributed by atoms with Crippen LogP contribution in [-0.4, -0.2) is 44.9 Å². The number of aryl methyl sites for hydroxylation is 2. The lowest BCUT2D eigenvalue weighted by Crippen LogP contribution is -2.11. The van der Waals surface area contributed by atoms with Crippen molar-refractivity contribution in [3.63, 3.8) is 0 Å². The second-order valence-corrected chi connectivity index (χ2v) is 10.1. The van der Waals surface area contributed by atoms with Gasteiger partial charge in [-0.1, -0.05) is 17.8 Å². The Morgan fingerprint density at radius 2 is 2.10 bits per heavy atom. The number of rotatable bonds is 7. The maximum Gasteiger partial charge on any atom is 0.251 e. The predicted octanol–water partition coefficient (Wildman–Crippen LogP) is 2.92. The van der Waals surface area contributed by atoms with Crippen molar-refractivity contribution in [2.75, 3.05) is 11.5 Å². The molecule has 0 radical (unpaired) electrons. The van der Waals surface area contributed by atoms with Crippen molar-refractivity contribution >= 4 is 21.6 Å². The van der Waals surface area contributed by atoms with E-state index >= 15 is 0 Å². The van der Waals surface area contributed by atoms with E-state index in [4.69, 9.17) is 8.83 Å². The Morgan fingerprint density at radius 3 is 2.76 bits per heavy atom. The summed E-state index contributed by atoms with van der Waals surface area (Å²) in [6.45, 7) is 8.00. The molecule has 1 fully saturated rings. The zero-order valence-corrected chi connectivity index (χ0v) is 17.8. The Kier molecular flexibility index (Phi) is 5.34. The number of aromatic nitrogens is 5. The third kappa shape index (κ3) is 4.15. The topological polar surface area (TPSA) is 117 Å². The van der Waals surface area contributed by atoms with E-state index in [0.717, 1.165) is 17.1 Å². The van der Waals surface area contributed by atoms with Crippen LogP contribution in [0.1, 0.15) is 35.6 Å². The van der Waals surface area contributed by atoms with Crippen LogP contribution in [0.5, 0.6) is 0 Å². The highest BCUT2D eigenvalue weighted by atomic mass is 32.2. The first kappa shape index (κ1) is 19.9. The number of nitrogens with zero attached hydrogens (tertiary/aromatic N) is 5. The van der Waals surface area contributed by atoms with E-state index in [0.29, 0.717) is 41.5 Å². The quantitative estimate of drug-likeness (QED) is 0.408. The zero-order chi connectivity index (χ0) is 20.6. The molecule has 0 bridgehead atoms. The predicted molar refractivity (Wildman–Crippen MR) is 107 cm³/mol. The van der Waals surface area contributed by atoms with Gasteiger partial charge < -0.3 is 13.4 Å². The molecule has 154 valence electrons. The Hall–Kier alpha value is -2.40. The number of allylic oxidation sites excluding steroid dienone is 1. The van der Waals surface area contributed by atoms with E-state index in [2.05, 4.69) is 27.0 Å². The fourth-order valence-corrected chi connectivity index (χ4v) is 5.93. The first-order valence-corrected chi connectivity index (χ1v) is 11.9. The van der Waals surface area contributed by atoms with Crippen molar-refractivity contribution in [1.82, 2.24) is 25.0 Å². The fourth-order valence-electron chi connectivity index (χ4n) is 3.40. The molecule has 0 N–H and O–H groups in total. The average molecular weight is 436 g/mol. The molecule has 11 heteroatoms. The molecule has 1 saturated heterocycles. The van der Waals surface area contributed by atoms with Gasteiger partial charge in [0.2, 0.25) is 5.89 Å². The first-order chi connectivity index (χ1) is 13.9. The van der Waals surface area contributed by atoms with Gasteiger partial charge in [0.25, 0.3) is 5.89 Å². The van der Waals surface area contributed by atoms with Gasteiger partial charge >= 0.3 is 0 Å². The van der Waals surface area contributed by atoms with Gasteiger partial charge in [-0.05, 0) is 26.3 Å². The molecule has 4 heterocycles. The van der Waals surface area contributed by atoms with Crippen molar-refractivity contribution in [3.8, 4) is 11.5 Å². The Labute approximate surface area is 172 Å². The van der Waals surface area contributed by atoms with Gasteiger partial charge in [-0.15, -0.1) is 27.0 Å². The molecule has 1 atom stereocenters. The summed E-state index contributed by atoms with van der Waals surface area (Å²) in [6.07, 6.45) is 2.31. The maximum atomic E-state index is 11.8. The van der Waals surface area contributed by atoms with Gasteiger partial charge in [-0.25, -0.2) is 8.42 Å². The van der Waals surface area contributed by atoms with Crippen LogP contribution in [0.3, 0.4) is 0 Å². The molecule has 0 aromatic carbocycles. The van der Waals surface area contributed by atoms with Crippen LogP contribution < -0.4 is 0 Å². The van der Waals surface area contributed by atoms with Crippen molar-refractivity contribution < 1.29 is 17.3 Å². The van der Waals surface area contributed by atoms with E-state index in [-0.39, 0.29) is 17.4 Å². The summed E-state index contributed by atoms with van der Waals surface area (Å²) < 4.78 is 36.8. The minimum atomic E-state index is -3.00. The lowest BCUT2D eigenvalue weighted by atomic mass is 10.1. The lowest BCUT2D eigenvalue weighted by Gasteiger charge is -2.10. The molecule has 0 aliphatic carbocycles. The van der Waals surface area contributed by atoms with Crippen LogP contribution in [0.25, 0.3) is 11.5 Å². The van der Waals surface area contributed by atoms with E-state index < -0.39 is 9.84 Å². The number of hydrogen-bond donors (Lipinski definition) is 0. The molecule has 1 aliphatic rings. The van der Waals surface area contributed by atoms with Crippen molar-refractivity contribution in [2.24, 2.45) is 0 Å². The maximum absolute atomic E-state index is 11.8. The summed E-state index contributed by atoms with van der Waals surface area (Å²) in [4.78, 5) is 0. The van der Waals surface area contributed by atoms with E-state index in [1.54, 1.807) is 6.08 Å². The molecular formula is C18H21N5O4S2. The Bertz CT molecular complexity index is 1150. The summed E-state index contributed by atoms with van der Waals surface area (Å²) in [7, 11) is -3.00. The average Bonchev–Trinajstić information content (AvgIpc) is 3.41. The molecule has 3 aromatic rings. The number of hydrogen-bond acceptors (Lipinski definition) is 9. The third-order valence-corrected chi connectivity index (χ3v) is 7.44. The molecule has 0 spiro atoms. The summed E-state index contributed by atoms with van der Waals surface area (Å²) in [5, 5.41) is 17.4. The fraction of sp³-hybridized carbons (Fsp3) is 0.444. The summed E-state index contributed by atoms with van der Waals surface area (Å²) in [5.74, 6) is 3.66. The van der Waals surface area contributed by atoms with Crippen LogP contribution in [0.15, 0.2) is 32.7 Å². The molecule has 0 unspecified atom stereocenters. The van der Waals surface area contributed by atoms with Crippen LogP contribution in [-0.2, 0) is 22.1 Å². The zero-order valence-electron chi connectivity index (χ0n) is 16.2. The second-order valence-electron chi connectivity index (χ2n) is 6.96. The van der Waals surface area contributed by atoms with Gasteiger partial charge in [-0.3, -0.25) is 0 Å². The van der Waals surface area contributed by atoms with E-state index in [9.17, 15) is 8.42 Å². The molecule has 0 amide bonds. The number of furan rings is 1. The number of sulfone groups is 1. The molecule has 0 saturated carbocycles. The second kappa shape index (κ2) is 7.79. The molecule has 29 heavy (non-hydrogen) atoms. The van der Waals surface area contributed by atoms with E-state index in [1.165, 1.54) is 11.8 Å². The van der Waals surface area contributed by atoms with Gasteiger partial charge in [0, 0.05) is 12.5 Å². The Balaban J connectivity index is 1.50. The lowest BCUT2D eigenvalue weighted by molar-refractivity contribution is 0.499. The van der Waals surface area contributed by atoms with Gasteiger partial charge in [0.15, 0.2) is 15.0 Å². The molecule has 1 aliphatic heterocycles. The SMILES string of the molecule is C=CCn1c(SCc2nnc(-c3cc(C)oc3C)o2)nnc1[C@H]1CCS(=O)(=O)C1. The van der Waals surface area contributed by atoms with Crippen LogP contribution in [0.4, 0.5) is 0 Å². The van der Waals surface area contributed by atoms with Gasteiger partial charge in [0.05, 0.1) is 22.8 Å². The normalized spacial score (nSPS) is 18.3. The third-order valence-electron chi connectivity index (χ3n) is 4.72. The standard InChI is InChI=1S/C18H21N5O4S2/c1-4-6-23-16(13-5-7-29(24,25)10-13)20-22-18(23)28-9-15-19-21-17(27-15)14-8-11(2)26-12(14)3/h4,8,13H,1,5-7,9-10H2,2-3H3/t13-/m0/s1. The molecule has 3 aromatic heterocycles. The highest BCUT2D eigenvalue weighted by molar-refractivity contribution is 7.98. The molecule has 4 rings (SSSR count). The van der Waals surface area contributed by atoms with Gasteiger partial charge in [0.1, 0.15) is 17.3 Å². The minimum absolute atomic E-state index is 0.115. The van der Waals surface area contributed by atoms with Gasteiger partial charge in [-0.2, -0.15) is 0 Å². The minimum Gasteiger partial charge on any atom is -0.466 e. The Morgan fingerprint density at radius 1 is 1.28 bits per heavy atom. The largest absolute Gasteiger partial charge is 0.466 e. The van der Waals surface area contributed by atoms with Crippen molar-refractivity contribution in [1.29, 1.82) is 0 Å². The van der Waals surface area contributed by atoms with E-state index in [1.807, 2.05) is 24.5 Å². The first-order valence-electron chi connectivity index (χ1n) is 9.13. The smallest absolute Gasteiger partial charge is 0.251 e. The monoisotopic (exact) mass is 435 g/mol. The molecule has 9 nitrogen and oxygen atoms in total. The highest BCUT2D eigenvalue weighted by Gasteiger charge is 2.33. The number of thioether (sulfide) groups is 1. The summed E-state index contributed by atoms with van der Waals surface area (Å²) in [5.41, 5.74) is 0.783. The summed E-state index contributed by atoms with van der Waals surface area (Å²) >= 11 is 1.41. The summed E-state index contributed by atoms with van der Waals surface area (Å²) in [6, 6.07) is 1.86. The molecular weight excluding hydrogens is 414 g/mol. The van der Waals surface area contributed by atoms with Crippen molar-refractivity contribution in [2.45, 2.75) is 43.6 Å². The van der Waals surface area contributed by atoms with Crippen LogP contribution >= 0.6 is 11.8 Å². The van der Waals surface area contributed by atoms with Crippen LogP contribution in [0.2, 0.25) is 0 Å².